The summed E-state index contributed by atoms with van der Waals surface area (Å²) in [4.78, 5) is 17.1. The van der Waals surface area contributed by atoms with Gasteiger partial charge in [-0.25, -0.2) is 8.42 Å². The van der Waals surface area contributed by atoms with Crippen LogP contribution in [0.15, 0.2) is 29.2 Å². The van der Waals surface area contributed by atoms with E-state index in [1.54, 1.807) is 29.2 Å². The third-order valence-corrected chi connectivity index (χ3v) is 6.71. The van der Waals surface area contributed by atoms with Gasteiger partial charge in [-0.1, -0.05) is 17.7 Å². The molecule has 1 atom stereocenters. The van der Waals surface area contributed by atoms with Gasteiger partial charge in [0.1, 0.15) is 0 Å². The van der Waals surface area contributed by atoms with Gasteiger partial charge in [0, 0.05) is 25.7 Å². The Morgan fingerprint density at radius 2 is 1.92 bits per heavy atom. The number of nitrogens with zero attached hydrogens (tertiary/aromatic N) is 2. The molecular formula is C19H30N2O3S. The fraction of sp³-hybridized carbons (Fsp3) is 0.632. The van der Waals surface area contributed by atoms with Gasteiger partial charge in [0.25, 0.3) is 0 Å². The van der Waals surface area contributed by atoms with Crippen LogP contribution in [0.5, 0.6) is 0 Å². The average molecular weight is 367 g/mol. The minimum atomic E-state index is -3.37. The van der Waals surface area contributed by atoms with Crippen LogP contribution < -0.4 is 0 Å². The van der Waals surface area contributed by atoms with Crippen LogP contribution >= 0.6 is 0 Å². The number of benzene rings is 1. The molecule has 1 amide bonds. The lowest BCUT2D eigenvalue weighted by Crippen LogP contribution is -2.40. The molecule has 25 heavy (non-hydrogen) atoms. The second-order valence-electron chi connectivity index (χ2n) is 7.12. The Balaban J connectivity index is 1.97. The molecule has 140 valence electrons. The summed E-state index contributed by atoms with van der Waals surface area (Å²) in [5, 5.41) is 0. The average Bonchev–Trinajstić information content (AvgIpc) is 3.06. The van der Waals surface area contributed by atoms with Crippen molar-refractivity contribution in [2.75, 3.05) is 31.9 Å². The van der Waals surface area contributed by atoms with Crippen LogP contribution in [-0.2, 0) is 14.6 Å². The second-order valence-corrected chi connectivity index (χ2v) is 9.23. The van der Waals surface area contributed by atoms with E-state index in [1.807, 2.05) is 13.8 Å². The molecule has 1 heterocycles. The Hall–Kier alpha value is -1.40. The number of sulfone groups is 1. The zero-order valence-corrected chi connectivity index (χ0v) is 16.6. The summed E-state index contributed by atoms with van der Waals surface area (Å²) in [5.74, 6) is 0.0465. The lowest BCUT2D eigenvalue weighted by Gasteiger charge is -2.25. The van der Waals surface area contributed by atoms with E-state index in [0.717, 1.165) is 25.1 Å². The molecule has 6 heteroatoms. The smallest absolute Gasteiger partial charge is 0.227 e. The third kappa shape index (κ3) is 5.05. The first-order valence-electron chi connectivity index (χ1n) is 9.07. The summed E-state index contributed by atoms with van der Waals surface area (Å²) < 4.78 is 25.0. The second kappa shape index (κ2) is 8.32. The van der Waals surface area contributed by atoms with Crippen LogP contribution in [0.2, 0.25) is 0 Å². The maximum atomic E-state index is 12.7. The molecule has 5 nitrogen and oxygen atoms in total. The van der Waals surface area contributed by atoms with Crippen LogP contribution in [0.25, 0.3) is 0 Å². The minimum absolute atomic E-state index is 0.00979. The highest BCUT2D eigenvalue weighted by molar-refractivity contribution is 7.91. The van der Waals surface area contributed by atoms with Crippen molar-refractivity contribution in [1.82, 2.24) is 9.80 Å². The molecule has 0 aliphatic carbocycles. The van der Waals surface area contributed by atoms with Crippen molar-refractivity contribution in [3.63, 3.8) is 0 Å². The highest BCUT2D eigenvalue weighted by Gasteiger charge is 2.32. The van der Waals surface area contributed by atoms with Gasteiger partial charge in [0.05, 0.1) is 16.6 Å². The maximum absolute atomic E-state index is 12.7. The van der Waals surface area contributed by atoms with Crippen molar-refractivity contribution in [2.24, 2.45) is 5.92 Å². The van der Waals surface area contributed by atoms with Crippen molar-refractivity contribution in [3.05, 3.63) is 29.8 Å². The van der Waals surface area contributed by atoms with Crippen LogP contribution in [0.1, 0.15) is 32.8 Å². The SMILES string of the molecule is CCN(CCS(=O)(=O)c1ccc(C)cc1)C(=O)C1CCN(C(C)C)C1. The molecule has 1 aliphatic heterocycles. The van der Waals surface area contributed by atoms with Crippen molar-refractivity contribution in [2.45, 2.75) is 45.1 Å². The van der Waals surface area contributed by atoms with E-state index in [4.69, 9.17) is 0 Å². The van der Waals surface area contributed by atoms with E-state index in [0.29, 0.717) is 17.5 Å². The van der Waals surface area contributed by atoms with Crippen molar-refractivity contribution < 1.29 is 13.2 Å². The van der Waals surface area contributed by atoms with Gasteiger partial charge in [-0.05, 0) is 52.8 Å². The van der Waals surface area contributed by atoms with Crippen molar-refractivity contribution in [1.29, 1.82) is 0 Å². The van der Waals surface area contributed by atoms with Gasteiger partial charge in [-0.2, -0.15) is 0 Å². The lowest BCUT2D eigenvalue weighted by molar-refractivity contribution is -0.134. The van der Waals surface area contributed by atoms with Crippen LogP contribution in [0.4, 0.5) is 0 Å². The lowest BCUT2D eigenvalue weighted by atomic mass is 10.1. The van der Waals surface area contributed by atoms with Gasteiger partial charge in [0.2, 0.25) is 5.91 Å². The van der Waals surface area contributed by atoms with E-state index in [2.05, 4.69) is 18.7 Å². The summed E-state index contributed by atoms with van der Waals surface area (Å²) in [6.07, 6.45) is 0.859. The van der Waals surface area contributed by atoms with Crippen LogP contribution in [-0.4, -0.2) is 62.1 Å². The number of likely N-dealkylation sites (tertiary alicyclic amines) is 1. The Kier molecular flexibility index (Phi) is 6.63. The number of hydrogen-bond acceptors (Lipinski definition) is 4. The van der Waals surface area contributed by atoms with Crippen molar-refractivity contribution >= 4 is 15.7 Å². The molecule has 0 aromatic heterocycles. The normalized spacial score (nSPS) is 18.7. The Labute approximate surface area is 151 Å². The quantitative estimate of drug-likeness (QED) is 0.743. The van der Waals surface area contributed by atoms with Gasteiger partial charge in [0.15, 0.2) is 9.84 Å². The fourth-order valence-corrected chi connectivity index (χ4v) is 4.48. The zero-order valence-electron chi connectivity index (χ0n) is 15.7. The summed E-state index contributed by atoms with van der Waals surface area (Å²) in [6.45, 7) is 10.6. The van der Waals surface area contributed by atoms with Gasteiger partial charge in [-0.3, -0.25) is 4.79 Å². The molecule has 0 N–H and O–H groups in total. The fourth-order valence-electron chi connectivity index (χ4n) is 3.23. The number of carbonyl (C=O) groups excluding carboxylic acids is 1. The van der Waals surface area contributed by atoms with E-state index in [-0.39, 0.29) is 24.1 Å². The summed E-state index contributed by atoms with van der Waals surface area (Å²) in [7, 11) is -3.37. The summed E-state index contributed by atoms with van der Waals surface area (Å²) in [5.41, 5.74) is 1.03. The van der Waals surface area contributed by atoms with E-state index in [1.165, 1.54) is 0 Å². The molecule has 0 saturated carbocycles. The molecule has 1 aliphatic rings. The topological polar surface area (TPSA) is 57.7 Å². The number of amides is 1. The Bertz CT molecular complexity index is 683. The first kappa shape index (κ1) is 19.9. The van der Waals surface area contributed by atoms with Gasteiger partial charge < -0.3 is 9.80 Å². The predicted octanol–water partition coefficient (Wildman–Crippen LogP) is 2.35. The number of hydrogen-bond donors (Lipinski definition) is 0. The monoisotopic (exact) mass is 366 g/mol. The van der Waals surface area contributed by atoms with Crippen LogP contribution in [0.3, 0.4) is 0 Å². The predicted molar refractivity (Wildman–Crippen MR) is 100 cm³/mol. The van der Waals surface area contributed by atoms with Crippen molar-refractivity contribution in [3.8, 4) is 0 Å². The Morgan fingerprint density at radius 3 is 2.44 bits per heavy atom. The molecule has 0 radical (unpaired) electrons. The van der Waals surface area contributed by atoms with Gasteiger partial charge in [-0.15, -0.1) is 0 Å². The molecule has 1 aromatic rings. The number of carbonyl (C=O) groups is 1. The highest BCUT2D eigenvalue weighted by Crippen LogP contribution is 2.21. The third-order valence-electron chi connectivity index (χ3n) is 5.00. The standard InChI is InChI=1S/C19H30N2O3S/c1-5-20(19(22)17-10-11-21(14-17)15(2)3)12-13-25(23,24)18-8-6-16(4)7-9-18/h6-9,15,17H,5,10-14H2,1-4H3. The number of aryl methyl sites for hydroxylation is 1. The molecule has 1 fully saturated rings. The molecule has 0 bridgehead atoms. The molecule has 0 spiro atoms. The molecular weight excluding hydrogens is 336 g/mol. The maximum Gasteiger partial charge on any atom is 0.227 e. The van der Waals surface area contributed by atoms with Crippen LogP contribution in [0, 0.1) is 12.8 Å². The van der Waals surface area contributed by atoms with Gasteiger partial charge >= 0.3 is 0 Å². The Morgan fingerprint density at radius 1 is 1.28 bits per heavy atom. The molecule has 2 rings (SSSR count). The highest BCUT2D eigenvalue weighted by atomic mass is 32.2. The van der Waals surface area contributed by atoms with E-state index < -0.39 is 9.84 Å². The molecule has 1 unspecified atom stereocenters. The molecule has 1 saturated heterocycles. The summed E-state index contributed by atoms with van der Waals surface area (Å²) in [6, 6.07) is 7.32. The molecule has 1 aromatic carbocycles. The first-order chi connectivity index (χ1) is 11.7. The summed E-state index contributed by atoms with van der Waals surface area (Å²) >= 11 is 0. The first-order valence-corrected chi connectivity index (χ1v) is 10.7. The van der Waals surface area contributed by atoms with E-state index >= 15 is 0 Å². The largest absolute Gasteiger partial charge is 0.342 e. The van der Waals surface area contributed by atoms with E-state index in [9.17, 15) is 13.2 Å². The zero-order chi connectivity index (χ0) is 18.6. The minimum Gasteiger partial charge on any atom is -0.342 e. The number of rotatable bonds is 7.